The van der Waals surface area contributed by atoms with Gasteiger partial charge in [0.1, 0.15) is 11.0 Å². The second kappa shape index (κ2) is 5.50. The smallest absolute Gasteiger partial charge is 0.393 e. The molecule has 1 aromatic rings. The van der Waals surface area contributed by atoms with Gasteiger partial charge in [0.15, 0.2) is 0 Å². The molecule has 0 radical (unpaired) electrons. The van der Waals surface area contributed by atoms with Gasteiger partial charge in [-0.2, -0.15) is 13.2 Å². The van der Waals surface area contributed by atoms with E-state index in [1.165, 1.54) is 6.07 Å². The molecule has 0 aliphatic heterocycles. The number of hydrogen-bond donors (Lipinski definition) is 2. The molecule has 1 heterocycles. The Morgan fingerprint density at radius 2 is 2.12 bits per heavy atom. The maximum atomic E-state index is 12.3. The van der Waals surface area contributed by atoms with Crippen molar-refractivity contribution >= 4 is 17.4 Å². The van der Waals surface area contributed by atoms with Crippen LogP contribution in [0.2, 0.25) is 5.15 Å². The Labute approximate surface area is 101 Å². The van der Waals surface area contributed by atoms with Crippen molar-refractivity contribution in [3.05, 3.63) is 17.0 Å². The summed E-state index contributed by atoms with van der Waals surface area (Å²) in [6, 6.07) is 1.19. The fourth-order valence-electron chi connectivity index (χ4n) is 1.04. The highest BCUT2D eigenvalue weighted by Gasteiger charge is 2.35. The summed E-state index contributed by atoms with van der Waals surface area (Å²) in [5.41, 5.74) is 0. The van der Waals surface area contributed by atoms with Crippen molar-refractivity contribution in [1.29, 1.82) is 0 Å². The molecule has 1 rings (SSSR count). The first-order chi connectivity index (χ1) is 7.79. The van der Waals surface area contributed by atoms with E-state index in [0.717, 1.165) is 0 Å². The Morgan fingerprint density at radius 3 is 2.65 bits per heavy atom. The van der Waals surface area contributed by atoms with Gasteiger partial charge in [-0.25, -0.2) is 9.97 Å². The molecule has 1 aromatic heterocycles. The molecular weight excluding hydrogens is 259 g/mol. The van der Waals surface area contributed by atoms with Crippen molar-refractivity contribution in [3.8, 4) is 0 Å². The van der Waals surface area contributed by atoms with Crippen molar-refractivity contribution in [2.75, 3.05) is 11.9 Å². The van der Waals surface area contributed by atoms with E-state index in [-0.39, 0.29) is 11.0 Å². The van der Waals surface area contributed by atoms with Crippen LogP contribution in [0.1, 0.15) is 19.2 Å². The van der Waals surface area contributed by atoms with E-state index < -0.39 is 18.1 Å². The normalized spacial score (nSPS) is 13.5. The predicted octanol–water partition coefficient (Wildman–Crippen LogP) is 2.33. The monoisotopic (exact) mass is 269 g/mol. The quantitative estimate of drug-likeness (QED) is 0.824. The molecule has 0 fully saturated rings. The zero-order valence-electron chi connectivity index (χ0n) is 8.92. The van der Waals surface area contributed by atoms with E-state index in [2.05, 4.69) is 15.3 Å². The molecule has 0 aliphatic carbocycles. The van der Waals surface area contributed by atoms with E-state index in [1.54, 1.807) is 6.92 Å². The minimum atomic E-state index is -4.63. The van der Waals surface area contributed by atoms with Crippen molar-refractivity contribution in [3.63, 3.8) is 0 Å². The minimum absolute atomic E-state index is 0.0158. The summed E-state index contributed by atoms with van der Waals surface area (Å²) in [5.74, 6) is -1.30. The summed E-state index contributed by atoms with van der Waals surface area (Å²) in [7, 11) is 0. The number of nitrogens with zero attached hydrogens (tertiary/aromatic N) is 2. The number of aliphatic hydroxyl groups is 1. The number of rotatable bonds is 4. The second-order valence-electron chi connectivity index (χ2n) is 3.46. The van der Waals surface area contributed by atoms with E-state index >= 15 is 0 Å². The number of aromatic nitrogens is 2. The lowest BCUT2D eigenvalue weighted by Crippen LogP contribution is -2.15. The first-order valence-corrected chi connectivity index (χ1v) is 5.20. The first-order valence-electron chi connectivity index (χ1n) is 4.83. The van der Waals surface area contributed by atoms with Crippen LogP contribution in [-0.4, -0.2) is 27.7 Å². The molecule has 2 N–H and O–H groups in total. The number of anilines is 1. The van der Waals surface area contributed by atoms with Crippen molar-refractivity contribution in [2.24, 2.45) is 0 Å². The summed E-state index contributed by atoms with van der Waals surface area (Å²) >= 11 is 5.46. The Hall–Kier alpha value is -1.08. The molecule has 0 spiro atoms. The largest absolute Gasteiger partial charge is 0.451 e. The second-order valence-corrected chi connectivity index (χ2v) is 3.85. The third-order valence-electron chi connectivity index (χ3n) is 1.82. The maximum Gasteiger partial charge on any atom is 0.451 e. The molecule has 8 heteroatoms. The van der Waals surface area contributed by atoms with Crippen LogP contribution >= 0.6 is 11.6 Å². The van der Waals surface area contributed by atoms with Gasteiger partial charge in [0.05, 0.1) is 6.10 Å². The highest BCUT2D eigenvalue weighted by Crippen LogP contribution is 2.28. The Bertz CT molecular complexity index is 384. The molecule has 1 atom stereocenters. The molecule has 96 valence electrons. The van der Waals surface area contributed by atoms with Crippen LogP contribution in [0, 0.1) is 0 Å². The maximum absolute atomic E-state index is 12.3. The van der Waals surface area contributed by atoms with Crippen molar-refractivity contribution < 1.29 is 18.3 Å². The molecule has 0 saturated carbocycles. The highest BCUT2D eigenvalue weighted by atomic mass is 35.5. The summed E-state index contributed by atoms with van der Waals surface area (Å²) < 4.78 is 37.0. The zero-order chi connectivity index (χ0) is 13.1. The fourth-order valence-corrected chi connectivity index (χ4v) is 1.23. The SMILES string of the molecule is CC(O)CCNc1cc(Cl)nc(C(F)(F)F)n1. The van der Waals surface area contributed by atoms with Crippen LogP contribution in [0.25, 0.3) is 0 Å². The summed E-state index contributed by atoms with van der Waals surface area (Å²) in [6.07, 6.45) is -4.78. The summed E-state index contributed by atoms with van der Waals surface area (Å²) in [5, 5.41) is 11.3. The molecule has 4 nitrogen and oxygen atoms in total. The van der Waals surface area contributed by atoms with E-state index in [4.69, 9.17) is 16.7 Å². The van der Waals surface area contributed by atoms with Gasteiger partial charge in [-0.05, 0) is 13.3 Å². The summed E-state index contributed by atoms with van der Waals surface area (Å²) in [4.78, 5) is 6.38. The van der Waals surface area contributed by atoms with E-state index in [9.17, 15) is 13.2 Å². The third-order valence-corrected chi connectivity index (χ3v) is 2.01. The zero-order valence-corrected chi connectivity index (χ0v) is 9.68. The lowest BCUT2D eigenvalue weighted by atomic mass is 10.3. The number of nitrogens with one attached hydrogen (secondary N) is 1. The standard InChI is InChI=1S/C9H11ClF3N3O/c1-5(17)2-3-14-7-4-6(10)15-8(16-7)9(11,12)13/h4-5,17H,2-3H2,1H3,(H,14,15,16). The summed E-state index contributed by atoms with van der Waals surface area (Å²) in [6.45, 7) is 1.87. The molecule has 1 unspecified atom stereocenters. The average molecular weight is 270 g/mol. The first kappa shape index (κ1) is 14.0. The fraction of sp³-hybridized carbons (Fsp3) is 0.556. The van der Waals surface area contributed by atoms with Gasteiger partial charge in [0, 0.05) is 12.6 Å². The molecule has 0 aliphatic rings. The predicted molar refractivity (Wildman–Crippen MR) is 56.8 cm³/mol. The van der Waals surface area contributed by atoms with Gasteiger partial charge in [-0.3, -0.25) is 0 Å². The van der Waals surface area contributed by atoms with Crippen LogP contribution < -0.4 is 5.32 Å². The van der Waals surface area contributed by atoms with Crippen LogP contribution in [0.3, 0.4) is 0 Å². The molecule has 0 bridgehead atoms. The van der Waals surface area contributed by atoms with Gasteiger partial charge in [-0.15, -0.1) is 0 Å². The molecule has 0 saturated heterocycles. The Balaban J connectivity index is 2.76. The highest BCUT2D eigenvalue weighted by molar-refractivity contribution is 6.29. The molecule has 0 amide bonds. The van der Waals surface area contributed by atoms with Crippen LogP contribution in [-0.2, 0) is 6.18 Å². The van der Waals surface area contributed by atoms with Gasteiger partial charge in [0.2, 0.25) is 5.82 Å². The van der Waals surface area contributed by atoms with E-state index in [0.29, 0.717) is 13.0 Å². The molecule has 17 heavy (non-hydrogen) atoms. The van der Waals surface area contributed by atoms with E-state index in [1.807, 2.05) is 0 Å². The molecule has 0 aromatic carbocycles. The number of aliphatic hydroxyl groups excluding tert-OH is 1. The Morgan fingerprint density at radius 1 is 1.47 bits per heavy atom. The van der Waals surface area contributed by atoms with Crippen LogP contribution in [0.4, 0.5) is 19.0 Å². The third kappa shape index (κ3) is 4.74. The number of halogens is 4. The van der Waals surface area contributed by atoms with Gasteiger partial charge < -0.3 is 10.4 Å². The molecular formula is C9H11ClF3N3O. The lowest BCUT2D eigenvalue weighted by molar-refractivity contribution is -0.144. The van der Waals surface area contributed by atoms with Gasteiger partial charge in [0.25, 0.3) is 0 Å². The lowest BCUT2D eigenvalue weighted by Gasteiger charge is -2.10. The van der Waals surface area contributed by atoms with Crippen molar-refractivity contribution in [1.82, 2.24) is 9.97 Å². The van der Waals surface area contributed by atoms with Gasteiger partial charge >= 0.3 is 6.18 Å². The van der Waals surface area contributed by atoms with Crippen molar-refractivity contribution in [2.45, 2.75) is 25.6 Å². The average Bonchev–Trinajstić information content (AvgIpc) is 2.14. The minimum Gasteiger partial charge on any atom is -0.393 e. The van der Waals surface area contributed by atoms with Crippen LogP contribution in [0.5, 0.6) is 0 Å². The topological polar surface area (TPSA) is 58.0 Å². The Kier molecular flexibility index (Phi) is 4.53. The van der Waals surface area contributed by atoms with Gasteiger partial charge in [-0.1, -0.05) is 11.6 Å². The van der Waals surface area contributed by atoms with Crippen LogP contribution in [0.15, 0.2) is 6.07 Å². The number of hydrogen-bond acceptors (Lipinski definition) is 4. The number of alkyl halides is 3.